The standard InChI is InChI=1S/C20H25N5O2S/c1-5-15-13(3)28-18-17(15)20(27)25(11-21-18)14-7-6-8-24(10-14)19(26)16-9-22-23(4)12(16)2/h9,11,14H,5-8,10H2,1-4H3/t14-/m0/s1. The highest BCUT2D eigenvalue weighted by molar-refractivity contribution is 7.18. The van der Waals surface area contributed by atoms with E-state index in [1.54, 1.807) is 33.1 Å². The molecule has 1 fully saturated rings. The van der Waals surface area contributed by atoms with Gasteiger partial charge in [-0.15, -0.1) is 11.3 Å². The molecule has 0 spiro atoms. The lowest BCUT2D eigenvalue weighted by Gasteiger charge is -2.33. The second-order valence-electron chi connectivity index (χ2n) is 7.44. The summed E-state index contributed by atoms with van der Waals surface area (Å²) in [6, 6.07) is -0.0519. The molecule has 4 heterocycles. The smallest absolute Gasteiger partial charge is 0.262 e. The van der Waals surface area contributed by atoms with Crippen LogP contribution >= 0.6 is 11.3 Å². The summed E-state index contributed by atoms with van der Waals surface area (Å²) < 4.78 is 3.45. The number of hydrogen-bond donors (Lipinski definition) is 0. The molecule has 3 aromatic rings. The quantitative estimate of drug-likeness (QED) is 0.679. The molecule has 4 rings (SSSR count). The molecule has 1 saturated heterocycles. The summed E-state index contributed by atoms with van der Waals surface area (Å²) in [5, 5.41) is 4.93. The van der Waals surface area contributed by atoms with E-state index >= 15 is 0 Å². The highest BCUT2D eigenvalue weighted by Crippen LogP contribution is 2.28. The third-order valence-electron chi connectivity index (χ3n) is 5.83. The zero-order valence-corrected chi connectivity index (χ0v) is 17.5. The summed E-state index contributed by atoms with van der Waals surface area (Å²) in [5.41, 5.74) is 2.60. The molecule has 148 valence electrons. The Morgan fingerprint density at radius 3 is 2.82 bits per heavy atom. The van der Waals surface area contributed by atoms with E-state index in [0.717, 1.165) is 45.6 Å². The number of carbonyl (C=O) groups excluding carboxylic acids is 1. The topological polar surface area (TPSA) is 73.0 Å². The van der Waals surface area contributed by atoms with Gasteiger partial charge in [0.05, 0.1) is 29.5 Å². The zero-order valence-electron chi connectivity index (χ0n) is 16.7. The molecule has 1 atom stereocenters. The van der Waals surface area contributed by atoms with Gasteiger partial charge in [0.15, 0.2) is 0 Å². The van der Waals surface area contributed by atoms with Gasteiger partial charge in [-0.3, -0.25) is 18.8 Å². The van der Waals surface area contributed by atoms with Crippen LogP contribution in [0.1, 0.15) is 52.3 Å². The first kappa shape index (κ1) is 18.9. The SMILES string of the molecule is CCc1c(C)sc2ncn([C@H]3CCCN(C(=O)c4cnn(C)c4C)C3)c(=O)c12. The lowest BCUT2D eigenvalue weighted by Crippen LogP contribution is -2.43. The number of nitrogens with zero attached hydrogens (tertiary/aromatic N) is 5. The van der Waals surface area contributed by atoms with E-state index < -0.39 is 0 Å². The molecule has 0 saturated carbocycles. The fraction of sp³-hybridized carbons (Fsp3) is 0.500. The van der Waals surface area contributed by atoms with Crippen molar-refractivity contribution >= 4 is 27.5 Å². The molecule has 28 heavy (non-hydrogen) atoms. The van der Waals surface area contributed by atoms with Crippen molar-refractivity contribution in [3.63, 3.8) is 0 Å². The van der Waals surface area contributed by atoms with Crippen molar-refractivity contribution in [3.05, 3.63) is 44.6 Å². The first-order valence-corrected chi connectivity index (χ1v) is 10.5. The summed E-state index contributed by atoms with van der Waals surface area (Å²) in [4.78, 5) is 34.6. The largest absolute Gasteiger partial charge is 0.336 e. The van der Waals surface area contributed by atoms with Crippen LogP contribution in [0.5, 0.6) is 0 Å². The maximum atomic E-state index is 13.2. The average molecular weight is 400 g/mol. The molecule has 7 nitrogen and oxygen atoms in total. The maximum Gasteiger partial charge on any atom is 0.262 e. The van der Waals surface area contributed by atoms with Gasteiger partial charge in [0.25, 0.3) is 11.5 Å². The minimum absolute atomic E-state index is 0.0157. The Bertz CT molecular complexity index is 1110. The van der Waals surface area contributed by atoms with Gasteiger partial charge >= 0.3 is 0 Å². The van der Waals surface area contributed by atoms with E-state index in [4.69, 9.17) is 0 Å². The van der Waals surface area contributed by atoms with Crippen LogP contribution in [0.15, 0.2) is 17.3 Å². The summed E-state index contributed by atoms with van der Waals surface area (Å²) in [5.74, 6) is -0.0157. The lowest BCUT2D eigenvalue weighted by molar-refractivity contribution is 0.0676. The van der Waals surface area contributed by atoms with Gasteiger partial charge in [-0.2, -0.15) is 5.10 Å². The molecule has 1 aliphatic rings. The van der Waals surface area contributed by atoms with E-state index in [2.05, 4.69) is 17.0 Å². The molecule has 1 aliphatic heterocycles. The Hall–Kier alpha value is -2.48. The lowest BCUT2D eigenvalue weighted by atomic mass is 10.0. The normalized spacial score (nSPS) is 17.4. The second-order valence-corrected chi connectivity index (χ2v) is 8.65. The van der Waals surface area contributed by atoms with Crippen molar-refractivity contribution in [2.75, 3.05) is 13.1 Å². The van der Waals surface area contributed by atoms with Crippen molar-refractivity contribution < 1.29 is 4.79 Å². The van der Waals surface area contributed by atoms with E-state index in [0.29, 0.717) is 18.7 Å². The Morgan fingerprint density at radius 2 is 2.14 bits per heavy atom. The first-order chi connectivity index (χ1) is 13.4. The Labute approximate surface area is 167 Å². The number of aryl methyl sites for hydroxylation is 3. The molecule has 1 amide bonds. The number of amides is 1. The van der Waals surface area contributed by atoms with Crippen molar-refractivity contribution in [3.8, 4) is 0 Å². The molecule has 0 radical (unpaired) electrons. The second kappa shape index (κ2) is 7.16. The Kier molecular flexibility index (Phi) is 4.82. The number of likely N-dealkylation sites (tertiary alicyclic amines) is 1. The molecule has 0 unspecified atom stereocenters. The van der Waals surface area contributed by atoms with Crippen molar-refractivity contribution in [1.29, 1.82) is 0 Å². The highest BCUT2D eigenvalue weighted by atomic mass is 32.1. The average Bonchev–Trinajstić information content (AvgIpc) is 3.20. The third-order valence-corrected chi connectivity index (χ3v) is 6.89. The Morgan fingerprint density at radius 1 is 1.36 bits per heavy atom. The number of hydrogen-bond acceptors (Lipinski definition) is 5. The summed E-state index contributed by atoms with van der Waals surface area (Å²) in [6.07, 6.45) is 5.84. The Balaban J connectivity index is 1.67. The summed E-state index contributed by atoms with van der Waals surface area (Å²) in [7, 11) is 1.83. The van der Waals surface area contributed by atoms with Crippen LogP contribution in [0.2, 0.25) is 0 Å². The number of fused-ring (bicyclic) bond motifs is 1. The number of rotatable bonds is 3. The number of carbonyl (C=O) groups is 1. The molecule has 3 aromatic heterocycles. The summed E-state index contributed by atoms with van der Waals surface area (Å²) >= 11 is 1.58. The first-order valence-electron chi connectivity index (χ1n) is 9.69. The van der Waals surface area contributed by atoms with Crippen LogP contribution in [-0.2, 0) is 13.5 Å². The van der Waals surface area contributed by atoms with Gasteiger partial charge in [0.1, 0.15) is 4.83 Å². The van der Waals surface area contributed by atoms with E-state index in [-0.39, 0.29) is 17.5 Å². The van der Waals surface area contributed by atoms with E-state index in [9.17, 15) is 9.59 Å². The summed E-state index contributed by atoms with van der Waals surface area (Å²) in [6.45, 7) is 7.24. The number of aromatic nitrogens is 4. The van der Waals surface area contributed by atoms with Crippen LogP contribution < -0.4 is 5.56 Å². The molecule has 0 bridgehead atoms. The fourth-order valence-corrected chi connectivity index (χ4v) is 5.17. The van der Waals surface area contributed by atoms with Crippen molar-refractivity contribution in [2.45, 2.75) is 46.1 Å². The van der Waals surface area contributed by atoms with Crippen molar-refractivity contribution in [1.82, 2.24) is 24.2 Å². The molecule has 0 aromatic carbocycles. The molecule has 8 heteroatoms. The van der Waals surface area contributed by atoms with Crippen molar-refractivity contribution in [2.24, 2.45) is 7.05 Å². The third kappa shape index (κ3) is 2.96. The van der Waals surface area contributed by atoms with Gasteiger partial charge in [0.2, 0.25) is 0 Å². The molecular weight excluding hydrogens is 374 g/mol. The van der Waals surface area contributed by atoms with Gasteiger partial charge in [-0.1, -0.05) is 6.92 Å². The van der Waals surface area contributed by atoms with E-state index in [1.807, 2.05) is 25.8 Å². The van der Waals surface area contributed by atoms with Gasteiger partial charge in [-0.25, -0.2) is 4.98 Å². The zero-order chi connectivity index (χ0) is 20.0. The van der Waals surface area contributed by atoms with Crippen LogP contribution in [0.3, 0.4) is 0 Å². The van der Waals surface area contributed by atoms with Gasteiger partial charge in [-0.05, 0) is 38.7 Å². The maximum absolute atomic E-state index is 13.2. The predicted octanol–water partition coefficient (Wildman–Crippen LogP) is 2.85. The molecule has 0 aliphatic carbocycles. The minimum Gasteiger partial charge on any atom is -0.336 e. The fourth-order valence-electron chi connectivity index (χ4n) is 4.10. The van der Waals surface area contributed by atoms with Crippen LogP contribution in [0.25, 0.3) is 10.2 Å². The van der Waals surface area contributed by atoms with Crippen LogP contribution in [-0.4, -0.2) is 43.2 Å². The van der Waals surface area contributed by atoms with Gasteiger partial charge in [0, 0.05) is 30.7 Å². The minimum atomic E-state index is -0.0519. The van der Waals surface area contributed by atoms with Crippen LogP contribution in [0.4, 0.5) is 0 Å². The van der Waals surface area contributed by atoms with Gasteiger partial charge < -0.3 is 4.90 Å². The molecule has 0 N–H and O–H groups in total. The van der Waals surface area contributed by atoms with E-state index in [1.165, 1.54) is 0 Å². The highest BCUT2D eigenvalue weighted by Gasteiger charge is 2.28. The molecular formula is C20H25N5O2S. The monoisotopic (exact) mass is 399 g/mol. The predicted molar refractivity (Wildman–Crippen MR) is 110 cm³/mol. The number of thiophene rings is 1. The number of piperidine rings is 1. The van der Waals surface area contributed by atoms with Crippen LogP contribution in [0, 0.1) is 13.8 Å².